The largest absolute Gasteiger partial charge is 0.481 e. The van der Waals surface area contributed by atoms with Gasteiger partial charge in [-0.2, -0.15) is 0 Å². The maximum atomic E-state index is 12.0. The van der Waals surface area contributed by atoms with Gasteiger partial charge in [0.1, 0.15) is 6.61 Å². The molecule has 70 heavy (non-hydrogen) atoms. The number of aliphatic carboxylic acids is 1. The number of carbonyl (C=O) groups is 2. The number of carbonyl (C=O) groups excluding carboxylic acids is 1. The van der Waals surface area contributed by atoms with Crippen molar-refractivity contribution in [2.45, 2.75) is 121 Å². The number of likely N-dealkylation sites (N-methyl/N-ethyl adjacent to an activating group) is 2. The van der Waals surface area contributed by atoms with Crippen molar-refractivity contribution < 1.29 is 24.5 Å². The van der Waals surface area contributed by atoms with Crippen LogP contribution >= 0.6 is 43.2 Å². The molecule has 0 unspecified atom stereocenters. The molecule has 2 fully saturated rings. The molecular weight excluding hydrogens is 945 g/mol. The first-order chi connectivity index (χ1) is 33.8. The summed E-state index contributed by atoms with van der Waals surface area (Å²) in [5.41, 5.74) is 14.0. The summed E-state index contributed by atoms with van der Waals surface area (Å²) in [6, 6.07) is 35.2. The number of unbranched alkanes of at least 4 members (excludes halogenated alkanes) is 2. The van der Waals surface area contributed by atoms with Gasteiger partial charge in [0.15, 0.2) is 0 Å². The van der Waals surface area contributed by atoms with E-state index in [1.165, 1.54) is 92.8 Å². The van der Waals surface area contributed by atoms with E-state index in [2.05, 4.69) is 133 Å². The lowest BCUT2D eigenvalue weighted by molar-refractivity contribution is -0.144. The molecule has 2 aliphatic carbocycles. The van der Waals surface area contributed by atoms with Crippen LogP contribution in [0, 0.1) is 0 Å². The second-order valence-corrected chi connectivity index (χ2v) is 24.1. The van der Waals surface area contributed by atoms with Gasteiger partial charge in [-0.05, 0) is 147 Å². The number of fused-ring (bicyclic) bond motifs is 4. The van der Waals surface area contributed by atoms with Gasteiger partial charge in [-0.3, -0.25) is 9.59 Å². The van der Waals surface area contributed by atoms with Gasteiger partial charge in [-0.25, -0.2) is 0 Å². The maximum Gasteiger partial charge on any atom is 0.305 e. The summed E-state index contributed by atoms with van der Waals surface area (Å²) < 4.78 is 5.49. The number of carboxylic acids is 1. The Kier molecular flexibility index (Phi) is 26.8. The van der Waals surface area contributed by atoms with Gasteiger partial charge in [-0.1, -0.05) is 173 Å². The molecule has 0 aromatic heterocycles. The van der Waals surface area contributed by atoms with Crippen molar-refractivity contribution in [3.05, 3.63) is 154 Å². The summed E-state index contributed by atoms with van der Waals surface area (Å²) in [7, 11) is 12.1. The van der Waals surface area contributed by atoms with Gasteiger partial charge in [0.05, 0.1) is 6.61 Å². The Morgan fingerprint density at radius 2 is 0.986 bits per heavy atom. The summed E-state index contributed by atoms with van der Waals surface area (Å²) in [5, 5.41) is 19.0. The highest BCUT2D eigenvalue weighted by molar-refractivity contribution is 8.77. The Balaban J connectivity index is 0.000000218. The molecule has 0 amide bonds. The van der Waals surface area contributed by atoms with Crippen molar-refractivity contribution in [1.29, 1.82) is 0 Å². The normalized spacial score (nSPS) is 16.7. The maximum absolute atomic E-state index is 12.0. The quantitative estimate of drug-likeness (QED) is 0.0475. The number of aliphatic hydroxyl groups is 1. The van der Waals surface area contributed by atoms with Crippen molar-refractivity contribution in [2.24, 2.45) is 0 Å². The molecule has 2 heterocycles. The predicted octanol–water partition coefficient (Wildman–Crippen LogP) is 13.7. The third kappa shape index (κ3) is 19.5. The van der Waals surface area contributed by atoms with E-state index in [1.54, 1.807) is 0 Å². The van der Waals surface area contributed by atoms with E-state index < -0.39 is 5.97 Å². The number of carboxylic acid groups (broad SMARTS) is 1. The number of benzene rings is 4. The van der Waals surface area contributed by atoms with Gasteiger partial charge < -0.3 is 24.7 Å². The van der Waals surface area contributed by atoms with Crippen LogP contribution in [0.15, 0.2) is 109 Å². The topological polar surface area (TPSA) is 90.3 Å². The fourth-order valence-electron chi connectivity index (χ4n) is 9.33. The Labute approximate surface area is 437 Å². The third-order valence-corrected chi connectivity index (χ3v) is 19.3. The highest BCUT2D eigenvalue weighted by atomic mass is 33.1. The minimum Gasteiger partial charge on any atom is -0.481 e. The summed E-state index contributed by atoms with van der Waals surface area (Å²) in [6.45, 7) is 4.12. The molecule has 2 N–H and O–H groups in total. The summed E-state index contributed by atoms with van der Waals surface area (Å²) >= 11 is 0. The standard InChI is InChI=1S/C29H37NO2S2.C21H25NO.C8H14O2S2.CH4/c1-30(20-21-32-29(31)15-7-4-11-25-18-22-33-34-25)19-8-14-28-26-12-5-2-9-23(26)16-17-24-10-3-6-13-27(24)28;1-22(15-16-23)14-6-11-21-19-9-4-2-7-17(19)12-13-18-8-3-5-10-20(18)21;9-8(10)4-2-1-3-7-5-6-11-12-7;/h2-3,5-6,9-10,12-14,25H,4,7-8,11,15-22H2,1H3;2-5,7-11,23H,6,12-16H2,1H3;7H,1-6H2,(H,9,10);1H4/t25-;;7-;/m1.1./s1. The van der Waals surface area contributed by atoms with Crippen molar-refractivity contribution >= 4 is 66.3 Å². The monoisotopic (exact) mass is 1020 g/mol. The van der Waals surface area contributed by atoms with Crippen LogP contribution in [0.4, 0.5) is 0 Å². The van der Waals surface area contributed by atoms with E-state index in [-0.39, 0.29) is 20.0 Å². The zero-order valence-corrected chi connectivity index (χ0v) is 44.4. The number of hydrogen-bond acceptors (Lipinski definition) is 10. The molecule has 2 saturated heterocycles. The zero-order chi connectivity index (χ0) is 48.5. The number of hydrogen-bond donors (Lipinski definition) is 2. The van der Waals surface area contributed by atoms with Crippen LogP contribution in [0.1, 0.15) is 129 Å². The molecule has 0 spiro atoms. The first-order valence-electron chi connectivity index (χ1n) is 25.4. The second-order valence-electron chi connectivity index (χ2n) is 18.5. The number of aliphatic hydroxyl groups excluding tert-OH is 1. The number of esters is 1. The van der Waals surface area contributed by atoms with Gasteiger partial charge in [0.25, 0.3) is 0 Å². The van der Waals surface area contributed by atoms with Crippen molar-refractivity contribution in [2.75, 3.05) is 65.0 Å². The van der Waals surface area contributed by atoms with Crippen molar-refractivity contribution in [1.82, 2.24) is 9.80 Å². The van der Waals surface area contributed by atoms with Crippen LogP contribution in [0.5, 0.6) is 0 Å². The van der Waals surface area contributed by atoms with E-state index in [0.29, 0.717) is 19.4 Å². The lowest BCUT2D eigenvalue weighted by atomic mass is 9.93. The number of ether oxygens (including phenoxy) is 1. The van der Waals surface area contributed by atoms with Gasteiger partial charge in [-0.15, -0.1) is 0 Å². The van der Waals surface area contributed by atoms with E-state index >= 15 is 0 Å². The lowest BCUT2D eigenvalue weighted by Crippen LogP contribution is -2.25. The van der Waals surface area contributed by atoms with Crippen LogP contribution in [0.2, 0.25) is 0 Å². The van der Waals surface area contributed by atoms with Crippen molar-refractivity contribution in [3.63, 3.8) is 0 Å². The number of aryl methyl sites for hydroxylation is 4. The van der Waals surface area contributed by atoms with Crippen LogP contribution in [-0.2, 0) is 40.0 Å². The molecule has 0 bridgehead atoms. The molecule has 0 radical (unpaired) electrons. The molecule has 380 valence electrons. The molecule has 2 atom stereocenters. The highest BCUT2D eigenvalue weighted by Gasteiger charge is 2.20. The smallest absolute Gasteiger partial charge is 0.305 e. The fraction of sp³-hybridized carbons (Fsp3) is 0.492. The minimum atomic E-state index is -0.663. The average Bonchev–Trinajstić information content (AvgIpc) is 4.04. The Morgan fingerprint density at radius 1 is 0.586 bits per heavy atom. The third-order valence-electron chi connectivity index (χ3n) is 13.3. The fourth-order valence-corrected chi connectivity index (χ4v) is 15.4. The number of rotatable bonds is 21. The Hall–Kier alpha value is -3.42. The summed E-state index contributed by atoms with van der Waals surface area (Å²) in [5.74, 6) is 1.84. The second kappa shape index (κ2) is 32.6. The van der Waals surface area contributed by atoms with Gasteiger partial charge >= 0.3 is 11.9 Å². The van der Waals surface area contributed by atoms with Gasteiger partial charge in [0, 0.05) is 61.0 Å². The summed E-state index contributed by atoms with van der Waals surface area (Å²) in [4.78, 5) is 26.7. The van der Waals surface area contributed by atoms with Crippen molar-refractivity contribution in [3.8, 4) is 0 Å². The molecule has 7 nitrogen and oxygen atoms in total. The van der Waals surface area contributed by atoms with Crippen LogP contribution in [0.25, 0.3) is 11.1 Å². The lowest BCUT2D eigenvalue weighted by Gasteiger charge is -2.17. The van der Waals surface area contributed by atoms with Crippen LogP contribution < -0.4 is 0 Å². The molecule has 0 saturated carbocycles. The molecule has 4 aromatic rings. The number of nitrogens with zero attached hydrogens (tertiary/aromatic N) is 2. The first-order valence-corrected chi connectivity index (χ1v) is 30.2. The molecule has 4 aromatic carbocycles. The van der Waals surface area contributed by atoms with E-state index in [1.807, 2.05) is 43.2 Å². The SMILES string of the molecule is C.CN(CCC=C1c2ccccc2CCc2ccccc21)CCOC(=O)CCCC[C@@H]1CCSS1.CN(CCO)CCC=C1c2ccccc2CCc2ccccc21.O=C(O)CCCC[C@@H]1CCSS1. The van der Waals surface area contributed by atoms with Crippen LogP contribution in [0.3, 0.4) is 0 Å². The van der Waals surface area contributed by atoms with E-state index in [4.69, 9.17) is 14.9 Å². The Morgan fingerprint density at radius 3 is 1.37 bits per heavy atom. The minimum absolute atomic E-state index is 0. The molecule has 11 heteroatoms. The Bertz CT molecular complexity index is 2140. The van der Waals surface area contributed by atoms with E-state index in [9.17, 15) is 9.59 Å². The van der Waals surface area contributed by atoms with E-state index in [0.717, 1.165) is 101 Å². The molecule has 8 rings (SSSR count). The molecular formula is C59H80N2O5S4. The molecule has 2 aliphatic heterocycles. The predicted molar refractivity (Wildman–Crippen MR) is 305 cm³/mol. The zero-order valence-electron chi connectivity index (χ0n) is 41.2. The van der Waals surface area contributed by atoms with Gasteiger partial charge in [0.2, 0.25) is 0 Å². The highest BCUT2D eigenvalue weighted by Crippen LogP contribution is 2.41. The molecule has 4 aliphatic rings. The summed E-state index contributed by atoms with van der Waals surface area (Å²) in [6.07, 6.45) is 21.1. The van der Waals surface area contributed by atoms with Crippen LogP contribution in [-0.4, -0.2) is 107 Å². The average molecular weight is 1030 g/mol. The first kappa shape index (κ1) is 57.5.